The van der Waals surface area contributed by atoms with E-state index in [1.54, 1.807) is 10.9 Å². The molecule has 0 saturated carbocycles. The van der Waals surface area contributed by atoms with E-state index in [2.05, 4.69) is 15.4 Å². The SMILES string of the molecule is Cc1nn(C)c(C)c1CCNC(=O)c1cscn1. The van der Waals surface area contributed by atoms with Gasteiger partial charge < -0.3 is 5.32 Å². The van der Waals surface area contributed by atoms with Crippen LogP contribution >= 0.6 is 11.3 Å². The number of carbonyl (C=O) groups excluding carboxylic acids is 1. The van der Waals surface area contributed by atoms with E-state index in [1.165, 1.54) is 16.9 Å². The Hall–Kier alpha value is -1.69. The lowest BCUT2D eigenvalue weighted by Crippen LogP contribution is -2.26. The van der Waals surface area contributed by atoms with Crippen LogP contribution in [-0.4, -0.2) is 27.2 Å². The first-order chi connectivity index (χ1) is 8.59. The van der Waals surface area contributed by atoms with E-state index < -0.39 is 0 Å². The van der Waals surface area contributed by atoms with E-state index in [4.69, 9.17) is 0 Å². The summed E-state index contributed by atoms with van der Waals surface area (Å²) in [6.07, 6.45) is 0.793. The molecule has 5 nitrogen and oxygen atoms in total. The van der Waals surface area contributed by atoms with Crippen LogP contribution in [0.2, 0.25) is 0 Å². The number of aromatic nitrogens is 3. The molecule has 0 saturated heterocycles. The highest BCUT2D eigenvalue weighted by atomic mass is 32.1. The molecule has 2 aromatic heterocycles. The molecule has 2 heterocycles. The molecule has 0 unspecified atom stereocenters. The summed E-state index contributed by atoms with van der Waals surface area (Å²) in [6, 6.07) is 0. The smallest absolute Gasteiger partial charge is 0.270 e. The van der Waals surface area contributed by atoms with Crippen LogP contribution in [0.3, 0.4) is 0 Å². The van der Waals surface area contributed by atoms with Crippen molar-refractivity contribution < 1.29 is 4.79 Å². The Morgan fingerprint density at radius 2 is 2.28 bits per heavy atom. The first-order valence-electron chi connectivity index (χ1n) is 5.75. The van der Waals surface area contributed by atoms with Crippen molar-refractivity contribution in [2.45, 2.75) is 20.3 Å². The third-order valence-electron chi connectivity index (χ3n) is 2.98. The molecule has 0 aromatic carbocycles. The van der Waals surface area contributed by atoms with Crippen molar-refractivity contribution in [3.05, 3.63) is 33.5 Å². The minimum absolute atomic E-state index is 0.115. The van der Waals surface area contributed by atoms with E-state index >= 15 is 0 Å². The summed E-state index contributed by atoms with van der Waals surface area (Å²) in [7, 11) is 1.93. The van der Waals surface area contributed by atoms with Gasteiger partial charge in [0.05, 0.1) is 11.2 Å². The summed E-state index contributed by atoms with van der Waals surface area (Å²) < 4.78 is 1.87. The topological polar surface area (TPSA) is 59.8 Å². The first kappa shape index (κ1) is 12.8. The predicted octanol–water partition coefficient (Wildman–Crippen LogP) is 1.47. The van der Waals surface area contributed by atoms with Crippen LogP contribution in [0, 0.1) is 13.8 Å². The molecule has 2 aromatic rings. The normalized spacial score (nSPS) is 10.6. The van der Waals surface area contributed by atoms with Crippen molar-refractivity contribution in [3.63, 3.8) is 0 Å². The number of carbonyl (C=O) groups is 1. The molecule has 0 aliphatic rings. The molecule has 0 aliphatic carbocycles. The number of hydrogen-bond donors (Lipinski definition) is 1. The Labute approximate surface area is 110 Å². The first-order valence-corrected chi connectivity index (χ1v) is 6.69. The van der Waals surface area contributed by atoms with Gasteiger partial charge in [-0.2, -0.15) is 5.10 Å². The van der Waals surface area contributed by atoms with Crippen LogP contribution in [0.25, 0.3) is 0 Å². The number of aryl methyl sites for hydroxylation is 2. The zero-order valence-electron chi connectivity index (χ0n) is 10.7. The van der Waals surface area contributed by atoms with Gasteiger partial charge in [0.25, 0.3) is 5.91 Å². The maximum Gasteiger partial charge on any atom is 0.270 e. The van der Waals surface area contributed by atoms with Gasteiger partial charge >= 0.3 is 0 Å². The summed E-state index contributed by atoms with van der Waals surface area (Å²) in [6.45, 7) is 4.63. The minimum atomic E-state index is -0.115. The number of amides is 1. The third kappa shape index (κ3) is 2.59. The molecule has 0 spiro atoms. The molecule has 0 radical (unpaired) electrons. The molecular weight excluding hydrogens is 248 g/mol. The van der Waals surface area contributed by atoms with Gasteiger partial charge in [-0.3, -0.25) is 9.48 Å². The zero-order valence-corrected chi connectivity index (χ0v) is 11.5. The minimum Gasteiger partial charge on any atom is -0.350 e. The van der Waals surface area contributed by atoms with Gasteiger partial charge in [0.2, 0.25) is 0 Å². The van der Waals surface area contributed by atoms with E-state index in [0.29, 0.717) is 12.2 Å². The highest BCUT2D eigenvalue weighted by Gasteiger charge is 2.10. The summed E-state index contributed by atoms with van der Waals surface area (Å²) in [5.74, 6) is -0.115. The van der Waals surface area contributed by atoms with Gasteiger partial charge in [0.15, 0.2) is 0 Å². The standard InChI is InChI=1S/C12H16N4OS/c1-8-10(9(2)16(3)15-8)4-5-13-12(17)11-6-18-7-14-11/h6-7H,4-5H2,1-3H3,(H,13,17). The van der Waals surface area contributed by atoms with Gasteiger partial charge in [0.1, 0.15) is 5.69 Å². The van der Waals surface area contributed by atoms with Crippen LogP contribution in [0.15, 0.2) is 10.9 Å². The van der Waals surface area contributed by atoms with Gasteiger partial charge in [0, 0.05) is 24.7 Å². The summed E-state index contributed by atoms with van der Waals surface area (Å²) in [5, 5.41) is 8.96. The Morgan fingerprint density at radius 3 is 2.83 bits per heavy atom. The maximum atomic E-state index is 11.7. The molecule has 96 valence electrons. The highest BCUT2D eigenvalue weighted by Crippen LogP contribution is 2.11. The molecule has 0 bridgehead atoms. The molecule has 1 N–H and O–H groups in total. The summed E-state index contributed by atoms with van der Waals surface area (Å²) in [4.78, 5) is 15.7. The Morgan fingerprint density at radius 1 is 1.50 bits per heavy atom. The fourth-order valence-electron chi connectivity index (χ4n) is 1.90. The molecule has 0 fully saturated rings. The lowest BCUT2D eigenvalue weighted by atomic mass is 10.1. The summed E-state index contributed by atoms with van der Waals surface area (Å²) >= 11 is 1.42. The lowest BCUT2D eigenvalue weighted by Gasteiger charge is -2.04. The van der Waals surface area contributed by atoms with Crippen LogP contribution in [0.1, 0.15) is 27.4 Å². The predicted molar refractivity (Wildman–Crippen MR) is 70.8 cm³/mol. The van der Waals surface area contributed by atoms with Gasteiger partial charge in [-0.05, 0) is 25.8 Å². The van der Waals surface area contributed by atoms with Crippen molar-refractivity contribution in [1.82, 2.24) is 20.1 Å². The molecule has 6 heteroatoms. The molecule has 0 atom stereocenters. The zero-order chi connectivity index (χ0) is 13.1. The van der Waals surface area contributed by atoms with Crippen LogP contribution < -0.4 is 5.32 Å². The maximum absolute atomic E-state index is 11.7. The Kier molecular flexibility index (Phi) is 3.76. The monoisotopic (exact) mass is 264 g/mol. The molecular formula is C12H16N4OS. The quantitative estimate of drug-likeness (QED) is 0.909. The lowest BCUT2D eigenvalue weighted by molar-refractivity contribution is 0.0950. The van der Waals surface area contributed by atoms with E-state index in [1.807, 2.05) is 25.6 Å². The van der Waals surface area contributed by atoms with Crippen molar-refractivity contribution in [3.8, 4) is 0 Å². The number of nitrogens with one attached hydrogen (secondary N) is 1. The molecule has 2 rings (SSSR count). The number of rotatable bonds is 4. The third-order valence-corrected chi connectivity index (χ3v) is 3.57. The van der Waals surface area contributed by atoms with E-state index in [9.17, 15) is 4.79 Å². The second-order valence-electron chi connectivity index (χ2n) is 4.15. The Bertz CT molecular complexity index is 545. The average Bonchev–Trinajstić information content (AvgIpc) is 2.93. The van der Waals surface area contributed by atoms with Crippen molar-refractivity contribution >= 4 is 17.2 Å². The van der Waals surface area contributed by atoms with Crippen molar-refractivity contribution in [2.75, 3.05) is 6.54 Å². The molecule has 18 heavy (non-hydrogen) atoms. The van der Waals surface area contributed by atoms with Gasteiger partial charge in [-0.25, -0.2) is 4.98 Å². The highest BCUT2D eigenvalue weighted by molar-refractivity contribution is 7.07. The fraction of sp³-hybridized carbons (Fsp3) is 0.417. The number of nitrogens with zero attached hydrogens (tertiary/aromatic N) is 3. The van der Waals surface area contributed by atoms with Gasteiger partial charge in [-0.1, -0.05) is 0 Å². The molecule has 0 aliphatic heterocycles. The van der Waals surface area contributed by atoms with E-state index in [-0.39, 0.29) is 5.91 Å². The summed E-state index contributed by atoms with van der Waals surface area (Å²) in [5.41, 5.74) is 5.52. The second kappa shape index (κ2) is 5.30. The second-order valence-corrected chi connectivity index (χ2v) is 4.87. The van der Waals surface area contributed by atoms with Crippen LogP contribution in [0.5, 0.6) is 0 Å². The van der Waals surface area contributed by atoms with E-state index in [0.717, 1.165) is 17.8 Å². The number of hydrogen-bond acceptors (Lipinski definition) is 4. The largest absolute Gasteiger partial charge is 0.350 e. The van der Waals surface area contributed by atoms with Crippen LogP contribution in [-0.2, 0) is 13.5 Å². The van der Waals surface area contributed by atoms with Crippen molar-refractivity contribution in [2.24, 2.45) is 7.05 Å². The Balaban J connectivity index is 1.91. The fourth-order valence-corrected chi connectivity index (χ4v) is 2.43. The van der Waals surface area contributed by atoms with Crippen LogP contribution in [0.4, 0.5) is 0 Å². The van der Waals surface area contributed by atoms with Gasteiger partial charge in [-0.15, -0.1) is 11.3 Å². The van der Waals surface area contributed by atoms with Crippen molar-refractivity contribution in [1.29, 1.82) is 0 Å². The molecule has 1 amide bonds. The average molecular weight is 264 g/mol. The number of thiazole rings is 1.